The second-order valence-electron chi connectivity index (χ2n) is 4.78. The molecule has 5 heteroatoms. The van der Waals surface area contributed by atoms with Crippen molar-refractivity contribution in [1.29, 1.82) is 0 Å². The van der Waals surface area contributed by atoms with Crippen molar-refractivity contribution in [3.63, 3.8) is 0 Å². The number of aliphatic hydroxyl groups is 1. The fraction of sp³-hybridized carbons (Fsp3) is 0.538. The van der Waals surface area contributed by atoms with Gasteiger partial charge in [0.2, 0.25) is 5.92 Å². The summed E-state index contributed by atoms with van der Waals surface area (Å²) in [7, 11) is 0. The van der Waals surface area contributed by atoms with Gasteiger partial charge in [0.1, 0.15) is 5.82 Å². The molecule has 0 aromatic heterocycles. The molecule has 1 aliphatic carbocycles. The molecule has 1 fully saturated rings. The van der Waals surface area contributed by atoms with Gasteiger partial charge in [-0.15, -0.1) is 0 Å². The van der Waals surface area contributed by atoms with Gasteiger partial charge in [-0.2, -0.15) is 0 Å². The average molecular weight is 323 g/mol. The lowest BCUT2D eigenvalue weighted by molar-refractivity contribution is -0.0630. The van der Waals surface area contributed by atoms with Gasteiger partial charge in [-0.3, -0.25) is 0 Å². The predicted molar refractivity (Wildman–Crippen MR) is 66.0 cm³/mol. The molecule has 2 rings (SSSR count). The molecule has 1 atom stereocenters. The van der Waals surface area contributed by atoms with Crippen LogP contribution < -0.4 is 0 Å². The summed E-state index contributed by atoms with van der Waals surface area (Å²) >= 11 is 3.05. The zero-order valence-corrected chi connectivity index (χ0v) is 11.3. The van der Waals surface area contributed by atoms with Crippen LogP contribution in [0, 0.1) is 11.7 Å². The summed E-state index contributed by atoms with van der Waals surface area (Å²) in [6, 6.07) is 4.67. The standard InChI is InChI=1S/C13H14BrF3O/c14-10-3-1-2-9(11(10)15)12(18)8-4-6-13(16,17)7-5-8/h1-3,8,12,18H,4-7H2. The Hall–Kier alpha value is -0.550. The molecule has 1 aromatic rings. The third kappa shape index (κ3) is 2.88. The SMILES string of the molecule is OC(c1cccc(Br)c1F)C1CCC(F)(F)CC1. The Labute approximate surface area is 112 Å². The minimum Gasteiger partial charge on any atom is -0.388 e. The molecule has 1 nitrogen and oxygen atoms in total. The van der Waals surface area contributed by atoms with Crippen molar-refractivity contribution in [3.8, 4) is 0 Å². The van der Waals surface area contributed by atoms with Gasteiger partial charge in [0.25, 0.3) is 0 Å². The number of halogens is 4. The van der Waals surface area contributed by atoms with E-state index in [2.05, 4.69) is 15.9 Å². The summed E-state index contributed by atoms with van der Waals surface area (Å²) in [5.41, 5.74) is 0.180. The van der Waals surface area contributed by atoms with Crippen molar-refractivity contribution in [2.75, 3.05) is 0 Å². The third-order valence-corrected chi connectivity index (χ3v) is 4.12. The normalized spacial score (nSPS) is 21.8. The van der Waals surface area contributed by atoms with Crippen LogP contribution >= 0.6 is 15.9 Å². The van der Waals surface area contributed by atoms with Crippen LogP contribution in [-0.2, 0) is 0 Å². The maximum absolute atomic E-state index is 13.8. The van der Waals surface area contributed by atoms with E-state index in [1.54, 1.807) is 12.1 Å². The Kier molecular flexibility index (Phi) is 4.02. The highest BCUT2D eigenvalue weighted by atomic mass is 79.9. The van der Waals surface area contributed by atoms with Crippen LogP contribution in [0.2, 0.25) is 0 Å². The molecule has 0 aliphatic heterocycles. The summed E-state index contributed by atoms with van der Waals surface area (Å²) in [6.07, 6.45) is -1.03. The summed E-state index contributed by atoms with van der Waals surface area (Å²) in [5.74, 6) is -3.44. The summed E-state index contributed by atoms with van der Waals surface area (Å²) in [4.78, 5) is 0. The number of benzene rings is 1. The second-order valence-corrected chi connectivity index (χ2v) is 5.64. The number of alkyl halides is 2. The Bertz CT molecular complexity index is 426. The van der Waals surface area contributed by atoms with E-state index in [0.29, 0.717) is 0 Å². The van der Waals surface area contributed by atoms with Gasteiger partial charge in [-0.25, -0.2) is 13.2 Å². The van der Waals surface area contributed by atoms with Crippen molar-refractivity contribution in [2.45, 2.75) is 37.7 Å². The van der Waals surface area contributed by atoms with Crippen molar-refractivity contribution < 1.29 is 18.3 Å². The number of hydrogen-bond acceptors (Lipinski definition) is 1. The van der Waals surface area contributed by atoms with Crippen molar-refractivity contribution in [1.82, 2.24) is 0 Å². The van der Waals surface area contributed by atoms with Gasteiger partial charge >= 0.3 is 0 Å². The number of rotatable bonds is 2. The van der Waals surface area contributed by atoms with Crippen LogP contribution in [0.25, 0.3) is 0 Å². The Morgan fingerprint density at radius 1 is 1.28 bits per heavy atom. The molecule has 1 N–H and O–H groups in total. The van der Waals surface area contributed by atoms with Crippen molar-refractivity contribution in [2.24, 2.45) is 5.92 Å². The third-order valence-electron chi connectivity index (χ3n) is 3.51. The van der Waals surface area contributed by atoms with E-state index < -0.39 is 17.8 Å². The zero-order chi connectivity index (χ0) is 13.3. The molecule has 0 saturated heterocycles. The van der Waals surface area contributed by atoms with Crippen LogP contribution in [-0.4, -0.2) is 11.0 Å². The van der Waals surface area contributed by atoms with Gasteiger partial charge in [0.15, 0.2) is 0 Å². The van der Waals surface area contributed by atoms with Gasteiger partial charge in [-0.1, -0.05) is 12.1 Å². The predicted octanol–water partition coefficient (Wildman–Crippen LogP) is 4.45. The molecule has 1 aliphatic rings. The maximum atomic E-state index is 13.8. The molecule has 1 saturated carbocycles. The quantitative estimate of drug-likeness (QED) is 0.853. The Balaban J connectivity index is 2.12. The molecule has 0 bridgehead atoms. The smallest absolute Gasteiger partial charge is 0.248 e. The first-order valence-electron chi connectivity index (χ1n) is 5.90. The topological polar surface area (TPSA) is 20.2 Å². The molecular formula is C13H14BrF3O. The highest BCUT2D eigenvalue weighted by molar-refractivity contribution is 9.10. The van der Waals surface area contributed by atoms with Crippen molar-refractivity contribution in [3.05, 3.63) is 34.1 Å². The first kappa shape index (κ1) is 13.9. The van der Waals surface area contributed by atoms with Crippen LogP contribution in [0.15, 0.2) is 22.7 Å². The largest absolute Gasteiger partial charge is 0.388 e. The van der Waals surface area contributed by atoms with E-state index >= 15 is 0 Å². The highest BCUT2D eigenvalue weighted by Gasteiger charge is 2.38. The molecule has 100 valence electrons. The lowest BCUT2D eigenvalue weighted by atomic mass is 9.81. The average Bonchev–Trinajstić information content (AvgIpc) is 2.32. The van der Waals surface area contributed by atoms with Gasteiger partial charge in [-0.05, 0) is 40.8 Å². The fourth-order valence-corrected chi connectivity index (χ4v) is 2.76. The summed E-state index contributed by atoms with van der Waals surface area (Å²) in [6.45, 7) is 0. The maximum Gasteiger partial charge on any atom is 0.248 e. The minimum atomic E-state index is -2.63. The highest BCUT2D eigenvalue weighted by Crippen LogP contribution is 2.42. The molecule has 0 amide bonds. The van der Waals surface area contributed by atoms with E-state index in [4.69, 9.17) is 0 Å². The molecule has 0 spiro atoms. The molecule has 1 aromatic carbocycles. The molecule has 1 unspecified atom stereocenters. The Morgan fingerprint density at radius 2 is 1.89 bits per heavy atom. The zero-order valence-electron chi connectivity index (χ0n) is 9.67. The Morgan fingerprint density at radius 3 is 2.50 bits per heavy atom. The van der Waals surface area contributed by atoms with Gasteiger partial charge in [0, 0.05) is 18.4 Å². The number of hydrogen-bond donors (Lipinski definition) is 1. The van der Waals surface area contributed by atoms with Gasteiger partial charge in [0.05, 0.1) is 10.6 Å². The van der Waals surface area contributed by atoms with E-state index in [0.717, 1.165) is 0 Å². The van der Waals surface area contributed by atoms with Crippen molar-refractivity contribution >= 4 is 15.9 Å². The first-order chi connectivity index (χ1) is 8.41. The van der Waals surface area contributed by atoms with Crippen LogP contribution in [0.4, 0.5) is 13.2 Å². The number of aliphatic hydroxyl groups excluding tert-OH is 1. The molecular weight excluding hydrogens is 309 g/mol. The van der Waals surface area contributed by atoms with E-state index in [1.807, 2.05) is 0 Å². The van der Waals surface area contributed by atoms with Crippen LogP contribution in [0.1, 0.15) is 37.4 Å². The minimum absolute atomic E-state index is 0.180. The lowest BCUT2D eigenvalue weighted by Gasteiger charge is -2.31. The van der Waals surface area contributed by atoms with E-state index in [1.165, 1.54) is 6.07 Å². The second kappa shape index (κ2) is 5.21. The van der Waals surface area contributed by atoms with Crippen LogP contribution in [0.5, 0.6) is 0 Å². The fourth-order valence-electron chi connectivity index (χ4n) is 2.38. The van der Waals surface area contributed by atoms with E-state index in [-0.39, 0.29) is 41.6 Å². The summed E-state index contributed by atoms with van der Waals surface area (Å²) < 4.78 is 40.1. The van der Waals surface area contributed by atoms with Crippen LogP contribution in [0.3, 0.4) is 0 Å². The monoisotopic (exact) mass is 322 g/mol. The van der Waals surface area contributed by atoms with Gasteiger partial charge < -0.3 is 5.11 Å². The first-order valence-corrected chi connectivity index (χ1v) is 6.70. The lowest BCUT2D eigenvalue weighted by Crippen LogP contribution is -2.28. The molecule has 0 heterocycles. The molecule has 0 radical (unpaired) electrons. The summed E-state index contributed by atoms with van der Waals surface area (Å²) in [5, 5.41) is 10.1. The molecule has 18 heavy (non-hydrogen) atoms. The van der Waals surface area contributed by atoms with E-state index in [9.17, 15) is 18.3 Å².